The first-order valence-corrected chi connectivity index (χ1v) is 8.83. The zero-order chi connectivity index (χ0) is 14.8. The molecule has 0 amide bonds. The van der Waals surface area contributed by atoms with Crippen LogP contribution in [0.2, 0.25) is 0 Å². The number of rotatable bonds is 3. The van der Waals surface area contributed by atoms with Crippen LogP contribution in [-0.4, -0.2) is 32.9 Å². The van der Waals surface area contributed by atoms with Crippen LogP contribution in [0, 0.1) is 0 Å². The second-order valence-electron chi connectivity index (χ2n) is 4.99. The van der Waals surface area contributed by atoms with E-state index in [1.54, 1.807) is 18.2 Å². The first-order chi connectivity index (χ1) is 9.38. The normalized spacial score (nSPS) is 15.9. The average molecular weight is 313 g/mol. The number of anilines is 2. The van der Waals surface area contributed by atoms with E-state index in [2.05, 4.69) is 10.2 Å². The fourth-order valence-electron chi connectivity index (χ4n) is 2.43. The Morgan fingerprint density at radius 2 is 1.95 bits per heavy atom. The highest BCUT2D eigenvalue weighted by Crippen LogP contribution is 2.30. The molecule has 0 bridgehead atoms. The number of nitrogens with one attached hydrogen (secondary N) is 1. The van der Waals surface area contributed by atoms with E-state index in [1.165, 1.54) is 12.7 Å². The zero-order valence-corrected chi connectivity index (χ0v) is 13.1. The molecular weight excluding hydrogens is 294 g/mol. The molecule has 5 nitrogen and oxygen atoms in total. The van der Waals surface area contributed by atoms with Crippen molar-refractivity contribution in [2.24, 2.45) is 5.73 Å². The summed E-state index contributed by atoms with van der Waals surface area (Å²) in [4.78, 5) is 2.47. The molecule has 20 heavy (non-hydrogen) atoms. The van der Waals surface area contributed by atoms with Crippen molar-refractivity contribution in [1.29, 1.82) is 0 Å². The molecule has 1 aliphatic heterocycles. The van der Waals surface area contributed by atoms with Crippen molar-refractivity contribution in [3.63, 3.8) is 0 Å². The van der Waals surface area contributed by atoms with Crippen molar-refractivity contribution in [3.05, 3.63) is 18.2 Å². The largest absolute Gasteiger partial charge is 0.376 e. The van der Waals surface area contributed by atoms with Crippen molar-refractivity contribution < 1.29 is 8.42 Å². The predicted octanol–water partition coefficient (Wildman–Crippen LogP) is 1.74. The second kappa shape index (κ2) is 5.97. The molecule has 3 N–H and O–H groups in total. The average Bonchev–Trinajstić information content (AvgIpc) is 2.37. The maximum Gasteiger partial charge on any atom is 0.177 e. The van der Waals surface area contributed by atoms with Crippen LogP contribution < -0.4 is 16.0 Å². The van der Waals surface area contributed by atoms with Crippen LogP contribution in [0.25, 0.3) is 0 Å². The Balaban J connectivity index is 2.44. The van der Waals surface area contributed by atoms with Crippen molar-refractivity contribution >= 4 is 38.5 Å². The van der Waals surface area contributed by atoms with E-state index in [0.717, 1.165) is 31.6 Å². The number of piperidine rings is 1. The van der Waals surface area contributed by atoms with Gasteiger partial charge in [-0.2, -0.15) is 0 Å². The van der Waals surface area contributed by atoms with E-state index in [4.69, 9.17) is 18.0 Å². The summed E-state index contributed by atoms with van der Waals surface area (Å²) in [5.41, 5.74) is 6.91. The lowest BCUT2D eigenvalue weighted by Crippen LogP contribution is -2.30. The molecule has 1 aromatic carbocycles. The minimum Gasteiger partial charge on any atom is -0.376 e. The highest BCUT2D eigenvalue weighted by atomic mass is 32.2. The molecule has 0 aliphatic carbocycles. The molecule has 1 fully saturated rings. The second-order valence-corrected chi connectivity index (χ2v) is 7.42. The molecule has 110 valence electrons. The Labute approximate surface area is 125 Å². The van der Waals surface area contributed by atoms with Crippen LogP contribution in [0.3, 0.4) is 0 Å². The van der Waals surface area contributed by atoms with E-state index >= 15 is 0 Å². The molecule has 1 saturated heterocycles. The Kier molecular flexibility index (Phi) is 4.49. The third-order valence-electron chi connectivity index (χ3n) is 3.32. The van der Waals surface area contributed by atoms with Gasteiger partial charge in [0.05, 0.1) is 10.6 Å². The Morgan fingerprint density at radius 3 is 2.50 bits per heavy atom. The standard InChI is InChI=1S/C13H19N3O2S2/c1-20(17,18)12-6-5-10(15-13(14)19)9-11(12)16-7-3-2-4-8-16/h5-6,9H,2-4,7-8H2,1H3,(H3,14,15,19). The quantitative estimate of drug-likeness (QED) is 0.828. The lowest BCUT2D eigenvalue weighted by atomic mass is 10.1. The zero-order valence-electron chi connectivity index (χ0n) is 11.4. The molecule has 1 heterocycles. The van der Waals surface area contributed by atoms with Crippen LogP contribution in [0.15, 0.2) is 23.1 Å². The molecule has 0 spiro atoms. The molecule has 0 unspecified atom stereocenters. The van der Waals surface area contributed by atoms with Gasteiger partial charge in [0, 0.05) is 25.0 Å². The SMILES string of the molecule is CS(=O)(=O)c1ccc(NC(N)=S)cc1N1CCCCC1. The van der Waals surface area contributed by atoms with Crippen LogP contribution >= 0.6 is 12.2 Å². The molecular formula is C13H19N3O2S2. The number of nitrogens with zero attached hydrogens (tertiary/aromatic N) is 1. The maximum atomic E-state index is 11.9. The molecule has 0 aromatic heterocycles. The summed E-state index contributed by atoms with van der Waals surface area (Å²) in [7, 11) is -3.26. The van der Waals surface area contributed by atoms with Gasteiger partial charge in [-0.25, -0.2) is 8.42 Å². The molecule has 0 atom stereocenters. The van der Waals surface area contributed by atoms with Gasteiger partial charge in [0.2, 0.25) is 0 Å². The molecule has 2 rings (SSSR count). The van der Waals surface area contributed by atoms with Crippen LogP contribution in [0.4, 0.5) is 11.4 Å². The minimum atomic E-state index is -3.26. The topological polar surface area (TPSA) is 75.4 Å². The van der Waals surface area contributed by atoms with Gasteiger partial charge in [-0.05, 0) is 49.7 Å². The number of thiocarbonyl (C=S) groups is 1. The summed E-state index contributed by atoms with van der Waals surface area (Å²) in [5, 5.41) is 3.02. The van der Waals surface area contributed by atoms with Crippen LogP contribution in [0.5, 0.6) is 0 Å². The fraction of sp³-hybridized carbons (Fsp3) is 0.462. The number of sulfone groups is 1. The van der Waals surface area contributed by atoms with Gasteiger partial charge in [-0.3, -0.25) is 0 Å². The summed E-state index contributed by atoms with van der Waals surface area (Å²) in [5.74, 6) is 0. The molecule has 1 aliphatic rings. The summed E-state index contributed by atoms with van der Waals surface area (Å²) < 4.78 is 23.9. The van der Waals surface area contributed by atoms with Crippen molar-refractivity contribution in [3.8, 4) is 0 Å². The van der Waals surface area contributed by atoms with E-state index in [0.29, 0.717) is 10.6 Å². The summed E-state index contributed by atoms with van der Waals surface area (Å²) in [6.45, 7) is 1.75. The van der Waals surface area contributed by atoms with E-state index in [-0.39, 0.29) is 5.11 Å². The fourth-order valence-corrected chi connectivity index (χ4v) is 3.43. The lowest BCUT2D eigenvalue weighted by Gasteiger charge is -2.30. The van der Waals surface area contributed by atoms with Gasteiger partial charge in [0.15, 0.2) is 14.9 Å². The van der Waals surface area contributed by atoms with E-state index in [1.807, 2.05) is 0 Å². The molecule has 0 radical (unpaired) electrons. The van der Waals surface area contributed by atoms with E-state index in [9.17, 15) is 8.42 Å². The predicted molar refractivity (Wildman–Crippen MR) is 86.0 cm³/mol. The summed E-state index contributed by atoms with van der Waals surface area (Å²) in [6, 6.07) is 5.10. The van der Waals surface area contributed by atoms with Gasteiger partial charge >= 0.3 is 0 Å². The third-order valence-corrected chi connectivity index (χ3v) is 4.57. The van der Waals surface area contributed by atoms with Crippen LogP contribution in [-0.2, 0) is 9.84 Å². The summed E-state index contributed by atoms with van der Waals surface area (Å²) >= 11 is 4.82. The van der Waals surface area contributed by atoms with Gasteiger partial charge in [0.25, 0.3) is 0 Å². The lowest BCUT2D eigenvalue weighted by molar-refractivity contribution is 0.572. The Hall–Kier alpha value is -1.34. The number of benzene rings is 1. The third kappa shape index (κ3) is 3.61. The first kappa shape index (κ1) is 15.1. The van der Waals surface area contributed by atoms with Gasteiger partial charge < -0.3 is 16.0 Å². The van der Waals surface area contributed by atoms with Crippen molar-refractivity contribution in [2.45, 2.75) is 24.2 Å². The Morgan fingerprint density at radius 1 is 1.30 bits per heavy atom. The smallest absolute Gasteiger partial charge is 0.177 e. The number of hydrogen-bond donors (Lipinski definition) is 2. The summed E-state index contributed by atoms with van der Waals surface area (Å²) in [6.07, 6.45) is 4.58. The minimum absolute atomic E-state index is 0.168. The number of nitrogens with two attached hydrogens (primary N) is 1. The molecule has 1 aromatic rings. The van der Waals surface area contributed by atoms with Gasteiger partial charge in [0.1, 0.15) is 0 Å². The number of hydrogen-bond acceptors (Lipinski definition) is 4. The molecule has 0 saturated carbocycles. The first-order valence-electron chi connectivity index (χ1n) is 6.53. The van der Waals surface area contributed by atoms with Gasteiger partial charge in [-0.1, -0.05) is 0 Å². The van der Waals surface area contributed by atoms with Crippen molar-refractivity contribution in [1.82, 2.24) is 0 Å². The van der Waals surface area contributed by atoms with E-state index < -0.39 is 9.84 Å². The highest BCUT2D eigenvalue weighted by molar-refractivity contribution is 7.90. The van der Waals surface area contributed by atoms with Gasteiger partial charge in [-0.15, -0.1) is 0 Å². The van der Waals surface area contributed by atoms with Crippen molar-refractivity contribution in [2.75, 3.05) is 29.6 Å². The monoisotopic (exact) mass is 313 g/mol. The maximum absolute atomic E-state index is 11.9. The molecule has 7 heteroatoms. The Bertz CT molecular complexity index is 608. The van der Waals surface area contributed by atoms with Crippen LogP contribution in [0.1, 0.15) is 19.3 Å². The highest BCUT2D eigenvalue weighted by Gasteiger charge is 2.20.